The Morgan fingerprint density at radius 1 is 1.12 bits per heavy atom. The summed E-state index contributed by atoms with van der Waals surface area (Å²) in [6, 6.07) is 9.89. The maximum Gasteiger partial charge on any atom is 0.416 e. The molecular formula is C21H19F3N4O4S. The molecule has 8 nitrogen and oxygen atoms in total. The zero-order valence-corrected chi connectivity index (χ0v) is 18.2. The number of alkyl halides is 3. The Morgan fingerprint density at radius 3 is 2.42 bits per heavy atom. The Morgan fingerprint density at radius 2 is 1.79 bits per heavy atom. The van der Waals surface area contributed by atoms with Gasteiger partial charge in [0, 0.05) is 18.0 Å². The van der Waals surface area contributed by atoms with Crippen LogP contribution < -0.4 is 16.6 Å². The van der Waals surface area contributed by atoms with E-state index in [4.69, 9.17) is 5.73 Å². The number of nitrogens with zero attached hydrogens (tertiary/aromatic N) is 2. The first-order valence-electron chi connectivity index (χ1n) is 9.46. The lowest BCUT2D eigenvalue weighted by Gasteiger charge is -2.17. The maximum atomic E-state index is 13.1. The first-order chi connectivity index (χ1) is 15.3. The number of para-hydroxylation sites is 1. The van der Waals surface area contributed by atoms with Gasteiger partial charge in [0.25, 0.3) is 11.5 Å². The SMILES string of the molecule is C[C@@H](NC(=O)c1ccc(=O)n(-c2ccccc2S(C)(=O)=O)n1)c1cc(N)cc(C(F)(F)F)c1. The Bertz CT molecular complexity index is 1380. The van der Waals surface area contributed by atoms with E-state index in [1.54, 1.807) is 0 Å². The summed E-state index contributed by atoms with van der Waals surface area (Å²) in [6.07, 6.45) is -3.65. The largest absolute Gasteiger partial charge is 0.416 e. The van der Waals surface area contributed by atoms with E-state index in [0.29, 0.717) is 0 Å². The van der Waals surface area contributed by atoms with E-state index in [1.165, 1.54) is 37.3 Å². The maximum absolute atomic E-state index is 13.1. The number of benzene rings is 2. The predicted molar refractivity (Wildman–Crippen MR) is 115 cm³/mol. The molecule has 0 radical (unpaired) electrons. The molecule has 0 aliphatic carbocycles. The van der Waals surface area contributed by atoms with Crippen molar-refractivity contribution in [1.29, 1.82) is 0 Å². The van der Waals surface area contributed by atoms with Gasteiger partial charge in [0.15, 0.2) is 9.84 Å². The van der Waals surface area contributed by atoms with Gasteiger partial charge in [-0.05, 0) is 48.9 Å². The van der Waals surface area contributed by atoms with Gasteiger partial charge in [0.05, 0.1) is 22.2 Å². The number of carbonyl (C=O) groups is 1. The van der Waals surface area contributed by atoms with Crippen LogP contribution in [0.3, 0.4) is 0 Å². The highest BCUT2D eigenvalue weighted by Gasteiger charge is 2.31. The van der Waals surface area contributed by atoms with Crippen molar-refractivity contribution in [3.05, 3.63) is 81.8 Å². The van der Waals surface area contributed by atoms with Crippen molar-refractivity contribution < 1.29 is 26.4 Å². The molecule has 0 unspecified atom stereocenters. The highest BCUT2D eigenvalue weighted by molar-refractivity contribution is 7.90. The van der Waals surface area contributed by atoms with Crippen molar-refractivity contribution in [2.75, 3.05) is 12.0 Å². The van der Waals surface area contributed by atoms with Gasteiger partial charge in [0.2, 0.25) is 0 Å². The molecule has 0 saturated carbocycles. The molecule has 3 aromatic rings. The average Bonchev–Trinajstić information content (AvgIpc) is 2.72. The molecule has 1 heterocycles. The monoisotopic (exact) mass is 480 g/mol. The number of nitrogens with one attached hydrogen (secondary N) is 1. The van der Waals surface area contributed by atoms with E-state index in [1.807, 2.05) is 0 Å². The van der Waals surface area contributed by atoms with Crippen LogP contribution in [0.1, 0.15) is 34.6 Å². The molecule has 0 aliphatic heterocycles. The van der Waals surface area contributed by atoms with Crippen molar-refractivity contribution in [2.45, 2.75) is 24.0 Å². The molecule has 1 aromatic heterocycles. The molecule has 33 heavy (non-hydrogen) atoms. The molecule has 174 valence electrons. The van der Waals surface area contributed by atoms with Crippen LogP contribution in [0.15, 0.2) is 64.3 Å². The number of amides is 1. The van der Waals surface area contributed by atoms with Crippen LogP contribution in [0.25, 0.3) is 5.69 Å². The van der Waals surface area contributed by atoms with E-state index in [2.05, 4.69) is 10.4 Å². The van der Waals surface area contributed by atoms with Gasteiger partial charge >= 0.3 is 6.18 Å². The summed E-state index contributed by atoms with van der Waals surface area (Å²) in [6.45, 7) is 1.46. The molecule has 0 fully saturated rings. The Hall–Kier alpha value is -3.67. The molecule has 3 N–H and O–H groups in total. The minimum absolute atomic E-state index is 0.0432. The van der Waals surface area contributed by atoms with E-state index in [-0.39, 0.29) is 27.5 Å². The van der Waals surface area contributed by atoms with Gasteiger partial charge < -0.3 is 11.1 Å². The van der Waals surface area contributed by atoms with Gasteiger partial charge in [-0.2, -0.15) is 23.0 Å². The quantitative estimate of drug-likeness (QED) is 0.541. The zero-order chi connectivity index (χ0) is 24.6. The molecule has 1 amide bonds. The third-order valence-corrected chi connectivity index (χ3v) is 5.82. The van der Waals surface area contributed by atoms with Gasteiger partial charge in [-0.3, -0.25) is 9.59 Å². The summed E-state index contributed by atoms with van der Waals surface area (Å²) >= 11 is 0. The fourth-order valence-corrected chi connectivity index (χ4v) is 3.95. The molecule has 3 rings (SSSR count). The number of anilines is 1. The number of hydrogen-bond acceptors (Lipinski definition) is 6. The summed E-state index contributed by atoms with van der Waals surface area (Å²) in [7, 11) is -3.71. The number of hydrogen-bond donors (Lipinski definition) is 2. The minimum atomic E-state index is -4.61. The fraction of sp³-hybridized carbons (Fsp3) is 0.190. The number of aromatic nitrogens is 2. The second-order valence-electron chi connectivity index (χ2n) is 7.29. The van der Waals surface area contributed by atoms with E-state index < -0.39 is 39.1 Å². The van der Waals surface area contributed by atoms with Crippen LogP contribution in [0.2, 0.25) is 0 Å². The third kappa shape index (κ3) is 5.40. The van der Waals surface area contributed by atoms with Crippen LogP contribution in [0, 0.1) is 0 Å². The molecule has 0 spiro atoms. The Kier molecular flexibility index (Phi) is 6.32. The number of halogens is 3. The number of nitrogen functional groups attached to an aromatic ring is 1. The van der Waals surface area contributed by atoms with Crippen LogP contribution in [-0.4, -0.2) is 30.4 Å². The van der Waals surface area contributed by atoms with E-state index in [0.717, 1.165) is 35.2 Å². The Balaban J connectivity index is 1.95. The molecule has 1 atom stereocenters. The van der Waals surface area contributed by atoms with Crippen LogP contribution in [0.4, 0.5) is 18.9 Å². The van der Waals surface area contributed by atoms with Crippen molar-refractivity contribution in [3.63, 3.8) is 0 Å². The van der Waals surface area contributed by atoms with Crippen LogP contribution >= 0.6 is 0 Å². The van der Waals surface area contributed by atoms with Crippen molar-refractivity contribution in [3.8, 4) is 5.69 Å². The topological polar surface area (TPSA) is 124 Å². The summed E-state index contributed by atoms with van der Waals surface area (Å²) < 4.78 is 64.1. The van der Waals surface area contributed by atoms with Crippen LogP contribution in [-0.2, 0) is 16.0 Å². The Labute approximate surface area is 186 Å². The second kappa shape index (κ2) is 8.70. The average molecular weight is 480 g/mol. The van der Waals surface area contributed by atoms with Crippen molar-refractivity contribution in [1.82, 2.24) is 15.1 Å². The summed E-state index contributed by atoms with van der Waals surface area (Å²) in [5.74, 6) is -0.788. The predicted octanol–water partition coefficient (Wildman–Crippen LogP) is 2.73. The minimum Gasteiger partial charge on any atom is -0.399 e. The normalized spacial score (nSPS) is 12.9. The smallest absolute Gasteiger partial charge is 0.399 e. The first kappa shape index (κ1) is 24.0. The number of nitrogens with two attached hydrogens (primary N) is 1. The number of sulfone groups is 1. The lowest BCUT2D eigenvalue weighted by molar-refractivity contribution is -0.137. The molecule has 2 aromatic carbocycles. The molecule has 0 saturated heterocycles. The lowest BCUT2D eigenvalue weighted by atomic mass is 10.0. The summed E-state index contributed by atoms with van der Waals surface area (Å²) in [5, 5.41) is 6.46. The standard InChI is InChI=1S/C21H19F3N4O4S/c1-12(13-9-14(21(22,23)24)11-15(25)10-13)26-20(30)16-7-8-19(29)28(27-16)17-5-3-4-6-18(17)33(2,31)32/h3-12H,25H2,1-2H3,(H,26,30)/t12-/m1/s1. The molecule has 0 aliphatic rings. The van der Waals surface area contributed by atoms with Crippen molar-refractivity contribution in [2.24, 2.45) is 0 Å². The van der Waals surface area contributed by atoms with E-state index >= 15 is 0 Å². The zero-order valence-electron chi connectivity index (χ0n) is 17.4. The highest BCUT2D eigenvalue weighted by atomic mass is 32.2. The molecule has 12 heteroatoms. The molecular weight excluding hydrogens is 461 g/mol. The number of carbonyl (C=O) groups excluding carboxylic acids is 1. The van der Waals surface area contributed by atoms with Crippen molar-refractivity contribution >= 4 is 21.4 Å². The summed E-state index contributed by atoms with van der Waals surface area (Å²) in [5.41, 5.74) is 3.65. The van der Waals surface area contributed by atoms with Gasteiger partial charge in [0.1, 0.15) is 5.69 Å². The summed E-state index contributed by atoms with van der Waals surface area (Å²) in [4.78, 5) is 24.9. The second-order valence-corrected chi connectivity index (χ2v) is 9.27. The molecule has 0 bridgehead atoms. The highest BCUT2D eigenvalue weighted by Crippen LogP contribution is 2.32. The first-order valence-corrected chi connectivity index (χ1v) is 11.3. The van der Waals surface area contributed by atoms with Crippen LogP contribution in [0.5, 0.6) is 0 Å². The number of rotatable bonds is 5. The van der Waals surface area contributed by atoms with Gasteiger partial charge in [-0.25, -0.2) is 8.42 Å². The van der Waals surface area contributed by atoms with Gasteiger partial charge in [-0.1, -0.05) is 12.1 Å². The van der Waals surface area contributed by atoms with E-state index in [9.17, 15) is 31.2 Å². The van der Waals surface area contributed by atoms with Gasteiger partial charge in [-0.15, -0.1) is 0 Å². The lowest BCUT2D eigenvalue weighted by Crippen LogP contribution is -2.31. The third-order valence-electron chi connectivity index (χ3n) is 4.68. The fourth-order valence-electron chi connectivity index (χ4n) is 3.09.